The molecule has 0 aromatic heterocycles. The predicted octanol–water partition coefficient (Wildman–Crippen LogP) is -0.0907. The number of rotatable bonds is 0. The molecule has 0 aliphatic carbocycles. The van der Waals surface area contributed by atoms with E-state index in [0.717, 1.165) is 0 Å². The summed E-state index contributed by atoms with van der Waals surface area (Å²) >= 11 is -2.00. The number of halogens is 1. The van der Waals surface area contributed by atoms with Crippen molar-refractivity contribution in [3.63, 3.8) is 0 Å². The van der Waals surface area contributed by atoms with E-state index in [-0.39, 0.29) is 0 Å². The van der Waals surface area contributed by atoms with Gasteiger partial charge in [0.2, 0.25) is 0 Å². The summed E-state index contributed by atoms with van der Waals surface area (Å²) in [7, 11) is 0. The zero-order chi connectivity index (χ0) is 6.85. The molecule has 1 heterocycles. The smallest absolute Gasteiger partial charge is 0.246 e. The largest absolute Gasteiger partial charge is 0.309 e. The fraction of sp³-hybridized carbons (Fsp3) is 0.500. The third kappa shape index (κ3) is 1.27. The van der Waals surface area contributed by atoms with Crippen molar-refractivity contribution >= 4 is 11.4 Å². The van der Waals surface area contributed by atoms with E-state index >= 15 is 0 Å². The van der Waals surface area contributed by atoms with Crippen molar-refractivity contribution in [1.82, 2.24) is 0 Å². The molecule has 1 fully saturated rings. The average Bonchev–Trinajstić information content (AvgIpc) is 2.10. The fourth-order valence-corrected chi connectivity index (χ4v) is 0.989. The van der Waals surface area contributed by atoms with Gasteiger partial charge in [0.05, 0.1) is 0 Å². The van der Waals surface area contributed by atoms with E-state index in [0.29, 0.717) is 0 Å². The lowest BCUT2D eigenvalue weighted by molar-refractivity contribution is 0.0660. The minimum atomic E-state index is -2.00. The summed E-state index contributed by atoms with van der Waals surface area (Å²) in [5.41, 5.74) is 0. The van der Waals surface area contributed by atoms with Crippen LogP contribution in [0.1, 0.15) is 0 Å². The maximum absolute atomic E-state index is 12.2. The highest BCUT2D eigenvalue weighted by atomic mass is 32.2. The van der Waals surface area contributed by atoms with Gasteiger partial charge in [-0.1, -0.05) is 5.92 Å². The average molecular weight is 150 g/mol. The van der Waals surface area contributed by atoms with Crippen molar-refractivity contribution in [3.05, 3.63) is 0 Å². The molecule has 0 aromatic rings. The van der Waals surface area contributed by atoms with Crippen molar-refractivity contribution in [1.29, 1.82) is 0 Å². The topological polar surface area (TPSA) is 35.5 Å². The zero-order valence-electron chi connectivity index (χ0n) is 4.24. The van der Waals surface area contributed by atoms with Crippen LogP contribution in [0.2, 0.25) is 0 Å². The van der Waals surface area contributed by atoms with Gasteiger partial charge in [-0.05, 0) is 0 Å². The van der Waals surface area contributed by atoms with E-state index in [2.05, 4.69) is 8.37 Å². The molecule has 1 aliphatic heterocycles. The molecule has 0 spiro atoms. The Kier molecular flexibility index (Phi) is 1.81. The van der Waals surface area contributed by atoms with Crippen LogP contribution >= 0.6 is 0 Å². The monoisotopic (exact) mass is 150 g/mol. The fourth-order valence-electron chi connectivity index (χ4n) is 0.380. The first-order chi connectivity index (χ1) is 4.24. The van der Waals surface area contributed by atoms with Gasteiger partial charge in [-0.25, -0.2) is 12.8 Å². The van der Waals surface area contributed by atoms with Crippen LogP contribution in [0, 0.1) is 12.3 Å². The van der Waals surface area contributed by atoms with Crippen LogP contribution in [0.25, 0.3) is 0 Å². The van der Waals surface area contributed by atoms with E-state index in [1.807, 2.05) is 5.92 Å². The van der Waals surface area contributed by atoms with Crippen LogP contribution in [0.15, 0.2) is 0 Å². The van der Waals surface area contributed by atoms with Gasteiger partial charge in [-0.3, -0.25) is 0 Å². The maximum atomic E-state index is 12.2. The van der Waals surface area contributed by atoms with E-state index < -0.39 is 23.8 Å². The SMILES string of the molecule is C#CC1OS(=O)OC1F. The Labute approximate surface area is 54.0 Å². The molecular formula is C4H3FO3S. The highest BCUT2D eigenvalue weighted by Gasteiger charge is 2.33. The highest BCUT2D eigenvalue weighted by molar-refractivity contribution is 7.75. The summed E-state index contributed by atoms with van der Waals surface area (Å²) < 4.78 is 30.6. The van der Waals surface area contributed by atoms with Crippen molar-refractivity contribution < 1.29 is 17.0 Å². The molecule has 1 aliphatic rings. The van der Waals surface area contributed by atoms with Crippen LogP contribution in [-0.4, -0.2) is 16.7 Å². The van der Waals surface area contributed by atoms with Gasteiger partial charge in [-0.2, -0.15) is 4.21 Å². The van der Waals surface area contributed by atoms with Crippen molar-refractivity contribution in [3.8, 4) is 12.3 Å². The molecule has 0 amide bonds. The van der Waals surface area contributed by atoms with Crippen molar-refractivity contribution in [2.45, 2.75) is 12.5 Å². The van der Waals surface area contributed by atoms with Gasteiger partial charge in [0, 0.05) is 0 Å². The van der Waals surface area contributed by atoms with Crippen LogP contribution < -0.4 is 0 Å². The first-order valence-electron chi connectivity index (χ1n) is 2.10. The lowest BCUT2D eigenvalue weighted by Crippen LogP contribution is -2.14. The molecule has 1 rings (SSSR count). The minimum Gasteiger partial charge on any atom is -0.246 e. The number of terminal acetylenes is 1. The summed E-state index contributed by atoms with van der Waals surface area (Å²) in [6.07, 6.45) is 1.88. The van der Waals surface area contributed by atoms with Gasteiger partial charge in [-0.15, -0.1) is 6.42 Å². The van der Waals surface area contributed by atoms with Crippen molar-refractivity contribution in [2.24, 2.45) is 0 Å². The summed E-state index contributed by atoms with van der Waals surface area (Å²) in [4.78, 5) is 0. The Hall–Kier alpha value is -0.440. The van der Waals surface area contributed by atoms with Gasteiger partial charge in [0.25, 0.3) is 6.36 Å². The number of alkyl halides is 1. The Bertz CT molecular complexity index is 175. The maximum Gasteiger partial charge on any atom is 0.309 e. The summed E-state index contributed by atoms with van der Waals surface area (Å²) in [5.74, 6) is 1.93. The number of hydrogen-bond donors (Lipinski definition) is 0. The van der Waals surface area contributed by atoms with E-state index in [9.17, 15) is 8.60 Å². The lowest BCUT2D eigenvalue weighted by Gasteiger charge is -1.94. The summed E-state index contributed by atoms with van der Waals surface area (Å²) in [6.45, 7) is 0. The molecular weight excluding hydrogens is 147 g/mol. The Morgan fingerprint density at radius 2 is 2.33 bits per heavy atom. The standard InChI is InChI=1S/C4H3FO3S/c1-2-3-4(5)8-9(6)7-3/h1,3-4H. The van der Waals surface area contributed by atoms with E-state index in [4.69, 9.17) is 6.42 Å². The molecule has 0 aromatic carbocycles. The summed E-state index contributed by atoms with van der Waals surface area (Å²) in [6, 6.07) is 0. The molecule has 0 radical (unpaired) electrons. The normalized spacial score (nSPS) is 42.4. The second-order valence-corrected chi connectivity index (χ2v) is 2.13. The highest BCUT2D eigenvalue weighted by Crippen LogP contribution is 2.16. The third-order valence-corrected chi connectivity index (χ3v) is 1.46. The first kappa shape index (κ1) is 6.68. The van der Waals surface area contributed by atoms with Gasteiger partial charge in [0.1, 0.15) is 0 Å². The quantitative estimate of drug-likeness (QED) is 0.453. The Morgan fingerprint density at radius 1 is 1.67 bits per heavy atom. The van der Waals surface area contributed by atoms with Gasteiger partial charge < -0.3 is 0 Å². The summed E-state index contributed by atoms with van der Waals surface area (Å²) in [5, 5.41) is 0. The molecule has 5 heteroatoms. The van der Waals surface area contributed by atoms with Crippen LogP contribution in [0.5, 0.6) is 0 Å². The second kappa shape index (κ2) is 2.43. The second-order valence-electron chi connectivity index (χ2n) is 1.33. The molecule has 0 bridgehead atoms. The molecule has 50 valence electrons. The first-order valence-corrected chi connectivity index (χ1v) is 3.10. The zero-order valence-corrected chi connectivity index (χ0v) is 5.06. The Morgan fingerprint density at radius 3 is 2.56 bits per heavy atom. The molecule has 0 saturated carbocycles. The van der Waals surface area contributed by atoms with Gasteiger partial charge >= 0.3 is 11.4 Å². The third-order valence-electron chi connectivity index (χ3n) is 0.755. The van der Waals surface area contributed by atoms with Crippen LogP contribution in [-0.2, 0) is 19.7 Å². The predicted molar refractivity (Wildman–Crippen MR) is 27.8 cm³/mol. The molecule has 3 nitrogen and oxygen atoms in total. The molecule has 1 saturated heterocycles. The van der Waals surface area contributed by atoms with Gasteiger partial charge in [0.15, 0.2) is 6.10 Å². The van der Waals surface area contributed by atoms with Crippen molar-refractivity contribution in [2.75, 3.05) is 0 Å². The van der Waals surface area contributed by atoms with E-state index in [1.54, 1.807) is 0 Å². The van der Waals surface area contributed by atoms with Crippen LogP contribution in [0.4, 0.5) is 4.39 Å². The molecule has 3 unspecified atom stereocenters. The van der Waals surface area contributed by atoms with Crippen LogP contribution in [0.3, 0.4) is 0 Å². The lowest BCUT2D eigenvalue weighted by atomic mass is 10.4. The molecule has 0 N–H and O–H groups in total. The van der Waals surface area contributed by atoms with E-state index in [1.165, 1.54) is 0 Å². The minimum absolute atomic E-state index is 1.12. The Balaban J connectivity index is 2.60. The molecule has 3 atom stereocenters. The molecule has 9 heavy (non-hydrogen) atoms. The number of hydrogen-bond acceptors (Lipinski definition) is 3.